The normalized spacial score (nSPS) is 11.0. The van der Waals surface area contributed by atoms with Crippen molar-refractivity contribution in [3.63, 3.8) is 0 Å². The Bertz CT molecular complexity index is 1410. The number of ether oxygens (including phenoxy) is 1. The standard InChI is InChI=1S/C28H22ClFN2OS/c1-18-5-14-26-27(15-18)34-28(32-26)20-8-10-21(11-9-20)31-16-19-6-12-22(13-7-19)33-17-23-24(29)3-2-4-25(23)30/h2-15,31H,16-17H2,1H3. The molecule has 0 fully saturated rings. The third kappa shape index (κ3) is 5.06. The summed E-state index contributed by atoms with van der Waals surface area (Å²) in [5, 5.41) is 4.83. The largest absolute Gasteiger partial charge is 0.489 e. The van der Waals surface area contributed by atoms with Gasteiger partial charge in [-0.3, -0.25) is 0 Å². The Balaban J connectivity index is 1.18. The molecule has 0 aliphatic carbocycles. The van der Waals surface area contributed by atoms with E-state index < -0.39 is 0 Å². The van der Waals surface area contributed by atoms with Crippen LogP contribution in [-0.2, 0) is 13.2 Å². The van der Waals surface area contributed by atoms with Crippen molar-refractivity contribution in [2.75, 3.05) is 5.32 Å². The predicted molar refractivity (Wildman–Crippen MR) is 139 cm³/mol. The van der Waals surface area contributed by atoms with E-state index in [0.29, 0.717) is 22.9 Å². The number of hydrogen-bond acceptors (Lipinski definition) is 4. The molecular formula is C28H22ClFN2OS. The zero-order chi connectivity index (χ0) is 23.5. The summed E-state index contributed by atoms with van der Waals surface area (Å²) in [4.78, 5) is 4.76. The lowest BCUT2D eigenvalue weighted by molar-refractivity contribution is 0.300. The van der Waals surface area contributed by atoms with Crippen LogP contribution in [0.25, 0.3) is 20.8 Å². The quantitative estimate of drug-likeness (QED) is 0.250. The average Bonchev–Trinajstić information content (AvgIpc) is 3.27. The van der Waals surface area contributed by atoms with E-state index >= 15 is 0 Å². The van der Waals surface area contributed by atoms with Gasteiger partial charge in [-0.1, -0.05) is 35.9 Å². The van der Waals surface area contributed by atoms with Crippen LogP contribution in [0.2, 0.25) is 5.02 Å². The van der Waals surface area contributed by atoms with Gasteiger partial charge >= 0.3 is 0 Å². The predicted octanol–water partition coefficient (Wildman–Crippen LogP) is 8.26. The molecule has 34 heavy (non-hydrogen) atoms. The topological polar surface area (TPSA) is 34.2 Å². The molecular weight excluding hydrogens is 467 g/mol. The number of nitrogens with one attached hydrogen (secondary N) is 1. The van der Waals surface area contributed by atoms with Gasteiger partial charge in [0.05, 0.1) is 15.2 Å². The lowest BCUT2D eigenvalue weighted by Crippen LogP contribution is -2.01. The Morgan fingerprint density at radius 3 is 2.53 bits per heavy atom. The van der Waals surface area contributed by atoms with Crippen LogP contribution in [0.15, 0.2) is 84.9 Å². The highest BCUT2D eigenvalue weighted by Gasteiger charge is 2.08. The molecule has 0 amide bonds. The first kappa shape index (κ1) is 22.4. The van der Waals surface area contributed by atoms with Crippen molar-refractivity contribution in [1.82, 2.24) is 4.98 Å². The highest BCUT2D eigenvalue weighted by atomic mass is 35.5. The minimum atomic E-state index is -0.363. The fourth-order valence-electron chi connectivity index (χ4n) is 3.62. The molecule has 6 heteroatoms. The Morgan fingerprint density at radius 1 is 0.971 bits per heavy atom. The molecule has 0 saturated heterocycles. The number of halogens is 2. The zero-order valence-electron chi connectivity index (χ0n) is 18.5. The first-order valence-corrected chi connectivity index (χ1v) is 12.1. The van der Waals surface area contributed by atoms with Gasteiger partial charge in [0.25, 0.3) is 0 Å². The maximum atomic E-state index is 13.9. The molecule has 1 heterocycles. The Hall–Kier alpha value is -3.41. The highest BCUT2D eigenvalue weighted by Crippen LogP contribution is 2.31. The van der Waals surface area contributed by atoms with E-state index in [1.54, 1.807) is 23.5 Å². The molecule has 3 nitrogen and oxygen atoms in total. The van der Waals surface area contributed by atoms with Crippen molar-refractivity contribution in [3.8, 4) is 16.3 Å². The number of benzene rings is 4. The molecule has 0 radical (unpaired) electrons. The Kier molecular flexibility index (Phi) is 6.48. The summed E-state index contributed by atoms with van der Waals surface area (Å²) in [7, 11) is 0. The smallest absolute Gasteiger partial charge is 0.131 e. The molecule has 5 aromatic rings. The van der Waals surface area contributed by atoms with Gasteiger partial charge in [0.1, 0.15) is 23.2 Å². The van der Waals surface area contributed by atoms with E-state index in [9.17, 15) is 4.39 Å². The minimum Gasteiger partial charge on any atom is -0.489 e. The maximum Gasteiger partial charge on any atom is 0.131 e. The van der Waals surface area contributed by atoms with Crippen LogP contribution in [0.4, 0.5) is 10.1 Å². The number of anilines is 1. The number of hydrogen-bond donors (Lipinski definition) is 1. The summed E-state index contributed by atoms with van der Waals surface area (Å²) in [6.07, 6.45) is 0. The molecule has 170 valence electrons. The number of fused-ring (bicyclic) bond motifs is 1. The van der Waals surface area contributed by atoms with Gasteiger partial charge in [-0.25, -0.2) is 9.37 Å². The fraction of sp³-hybridized carbons (Fsp3) is 0.107. The monoisotopic (exact) mass is 488 g/mol. The van der Waals surface area contributed by atoms with Gasteiger partial charge in [0.15, 0.2) is 0 Å². The summed E-state index contributed by atoms with van der Waals surface area (Å²) < 4.78 is 20.8. The second-order valence-electron chi connectivity index (χ2n) is 8.05. The number of rotatable bonds is 7. The van der Waals surface area contributed by atoms with Crippen molar-refractivity contribution in [2.24, 2.45) is 0 Å². The Labute approximate surface area is 206 Å². The van der Waals surface area contributed by atoms with E-state index in [1.807, 2.05) is 24.3 Å². The van der Waals surface area contributed by atoms with Gasteiger partial charge in [-0.05, 0) is 78.7 Å². The molecule has 0 spiro atoms. The van der Waals surface area contributed by atoms with Crippen LogP contribution < -0.4 is 10.1 Å². The third-order valence-corrected chi connectivity index (χ3v) is 6.96. The van der Waals surface area contributed by atoms with E-state index in [-0.39, 0.29) is 12.4 Å². The average molecular weight is 489 g/mol. The molecule has 1 N–H and O–H groups in total. The molecule has 1 aromatic heterocycles. The van der Waals surface area contributed by atoms with E-state index in [2.05, 4.69) is 54.7 Å². The molecule has 0 aliphatic heterocycles. The molecule has 5 rings (SSSR count). The summed E-state index contributed by atoms with van der Waals surface area (Å²) >= 11 is 7.77. The van der Waals surface area contributed by atoms with E-state index in [0.717, 1.165) is 27.3 Å². The molecule has 0 saturated carbocycles. The summed E-state index contributed by atoms with van der Waals surface area (Å²) in [6.45, 7) is 2.87. The molecule has 0 unspecified atom stereocenters. The van der Waals surface area contributed by atoms with Gasteiger partial charge in [-0.15, -0.1) is 11.3 Å². The summed E-state index contributed by atoms with van der Waals surface area (Å²) in [5.74, 6) is 0.302. The third-order valence-electron chi connectivity index (χ3n) is 5.54. The second kappa shape index (κ2) is 9.84. The van der Waals surface area contributed by atoms with E-state index in [4.69, 9.17) is 21.3 Å². The molecule has 0 bridgehead atoms. The molecule has 0 aliphatic rings. The van der Waals surface area contributed by atoms with Crippen LogP contribution in [0.1, 0.15) is 16.7 Å². The van der Waals surface area contributed by atoms with Crippen molar-refractivity contribution in [1.29, 1.82) is 0 Å². The van der Waals surface area contributed by atoms with Crippen LogP contribution >= 0.6 is 22.9 Å². The Morgan fingerprint density at radius 2 is 1.76 bits per heavy atom. The maximum absolute atomic E-state index is 13.9. The molecule has 4 aromatic carbocycles. The van der Waals surface area contributed by atoms with Crippen LogP contribution in [0.3, 0.4) is 0 Å². The van der Waals surface area contributed by atoms with Crippen LogP contribution in [0.5, 0.6) is 5.75 Å². The van der Waals surface area contributed by atoms with Gasteiger partial charge in [0.2, 0.25) is 0 Å². The first-order valence-electron chi connectivity index (χ1n) is 10.9. The number of thiazole rings is 1. The first-order chi connectivity index (χ1) is 16.5. The van der Waals surface area contributed by atoms with Gasteiger partial charge in [0, 0.05) is 23.4 Å². The van der Waals surface area contributed by atoms with Gasteiger partial charge < -0.3 is 10.1 Å². The van der Waals surface area contributed by atoms with E-state index in [1.165, 1.54) is 16.3 Å². The SMILES string of the molecule is Cc1ccc2nc(-c3ccc(NCc4ccc(OCc5c(F)cccc5Cl)cc4)cc3)sc2c1. The lowest BCUT2D eigenvalue weighted by atomic mass is 10.2. The zero-order valence-corrected chi connectivity index (χ0v) is 20.1. The van der Waals surface area contributed by atoms with Crippen molar-refractivity contribution >= 4 is 38.8 Å². The fourth-order valence-corrected chi connectivity index (χ4v) is 4.91. The highest BCUT2D eigenvalue weighted by molar-refractivity contribution is 7.21. The number of aromatic nitrogens is 1. The molecule has 0 atom stereocenters. The van der Waals surface area contributed by atoms with Crippen molar-refractivity contribution < 1.29 is 9.13 Å². The van der Waals surface area contributed by atoms with Crippen LogP contribution in [0, 0.1) is 12.7 Å². The second-order valence-corrected chi connectivity index (χ2v) is 9.49. The summed E-state index contributed by atoms with van der Waals surface area (Å²) in [5.41, 5.74) is 5.91. The van der Waals surface area contributed by atoms with Crippen LogP contribution in [-0.4, -0.2) is 4.98 Å². The summed E-state index contributed by atoms with van der Waals surface area (Å²) in [6, 6.07) is 27.0. The number of nitrogens with zero attached hydrogens (tertiary/aromatic N) is 1. The van der Waals surface area contributed by atoms with Crippen molar-refractivity contribution in [3.05, 3.63) is 112 Å². The van der Waals surface area contributed by atoms with Gasteiger partial charge in [-0.2, -0.15) is 0 Å². The lowest BCUT2D eigenvalue weighted by Gasteiger charge is -2.10. The van der Waals surface area contributed by atoms with Crippen molar-refractivity contribution in [2.45, 2.75) is 20.1 Å². The minimum absolute atomic E-state index is 0.0870. The number of aryl methyl sites for hydroxylation is 1.